The van der Waals surface area contributed by atoms with Crippen molar-refractivity contribution in [1.29, 1.82) is 0 Å². The summed E-state index contributed by atoms with van der Waals surface area (Å²) in [6.07, 6.45) is 0.253. The lowest BCUT2D eigenvalue weighted by molar-refractivity contribution is -0.143. The number of benzene rings is 2. The zero-order valence-corrected chi connectivity index (χ0v) is 11.4. The minimum atomic E-state index is -0.281. The molecule has 104 valence electrons. The number of halogens is 1. The van der Waals surface area contributed by atoms with Crippen LogP contribution in [0, 0.1) is 5.82 Å². The average Bonchev–Trinajstić information content (AvgIpc) is 2.47. The van der Waals surface area contributed by atoms with E-state index in [-0.39, 0.29) is 24.1 Å². The van der Waals surface area contributed by atoms with Crippen LogP contribution in [0.4, 0.5) is 4.39 Å². The van der Waals surface area contributed by atoms with E-state index in [9.17, 15) is 9.18 Å². The average molecular weight is 272 g/mol. The Morgan fingerprint density at radius 3 is 2.25 bits per heavy atom. The van der Waals surface area contributed by atoms with Gasteiger partial charge in [-0.1, -0.05) is 42.5 Å². The normalized spacial score (nSPS) is 11.9. The predicted molar refractivity (Wildman–Crippen MR) is 75.9 cm³/mol. The summed E-state index contributed by atoms with van der Waals surface area (Å²) < 4.78 is 18.1. The number of hydrogen-bond donors (Lipinski definition) is 0. The van der Waals surface area contributed by atoms with Gasteiger partial charge < -0.3 is 4.74 Å². The molecule has 2 nitrogen and oxygen atoms in total. The van der Waals surface area contributed by atoms with Crippen molar-refractivity contribution in [1.82, 2.24) is 0 Å². The van der Waals surface area contributed by atoms with E-state index in [4.69, 9.17) is 4.74 Å². The van der Waals surface area contributed by atoms with Crippen LogP contribution < -0.4 is 0 Å². The van der Waals surface area contributed by atoms with Crippen LogP contribution in [0.3, 0.4) is 0 Å². The largest absolute Gasteiger partial charge is 0.466 e. The molecular formula is C17H17FO2. The number of carbonyl (C=O) groups is 1. The molecule has 0 aliphatic heterocycles. The second-order valence-corrected chi connectivity index (χ2v) is 4.52. The monoisotopic (exact) mass is 272 g/mol. The Balaban J connectivity index is 2.29. The molecule has 2 aromatic rings. The van der Waals surface area contributed by atoms with Gasteiger partial charge in [-0.3, -0.25) is 4.79 Å². The van der Waals surface area contributed by atoms with E-state index in [1.165, 1.54) is 12.1 Å². The van der Waals surface area contributed by atoms with Crippen molar-refractivity contribution >= 4 is 5.97 Å². The molecule has 1 atom stereocenters. The fourth-order valence-corrected chi connectivity index (χ4v) is 2.20. The van der Waals surface area contributed by atoms with Crippen molar-refractivity contribution in [3.8, 4) is 0 Å². The maximum atomic E-state index is 13.0. The molecule has 0 saturated heterocycles. The van der Waals surface area contributed by atoms with Gasteiger partial charge in [0.25, 0.3) is 0 Å². The Kier molecular flexibility index (Phi) is 4.88. The van der Waals surface area contributed by atoms with E-state index in [0.29, 0.717) is 6.61 Å². The maximum Gasteiger partial charge on any atom is 0.306 e. The molecule has 0 spiro atoms. The second-order valence-electron chi connectivity index (χ2n) is 4.52. The summed E-state index contributed by atoms with van der Waals surface area (Å²) in [5.74, 6) is -0.641. The highest BCUT2D eigenvalue weighted by Crippen LogP contribution is 2.28. The Bertz CT molecular complexity index is 549. The van der Waals surface area contributed by atoms with Gasteiger partial charge >= 0.3 is 5.97 Å². The fraction of sp³-hybridized carbons (Fsp3) is 0.235. The lowest BCUT2D eigenvalue weighted by Crippen LogP contribution is -2.11. The van der Waals surface area contributed by atoms with Crippen molar-refractivity contribution in [2.75, 3.05) is 6.61 Å². The standard InChI is InChI=1S/C17H17FO2/c1-2-20-17(19)12-16(13-6-4-3-5-7-13)14-8-10-15(18)11-9-14/h3-11,16H,2,12H2,1H3. The third-order valence-corrected chi connectivity index (χ3v) is 3.15. The molecule has 20 heavy (non-hydrogen) atoms. The summed E-state index contributed by atoms with van der Waals surface area (Å²) in [5.41, 5.74) is 1.93. The Hall–Kier alpha value is -2.16. The van der Waals surface area contributed by atoms with Gasteiger partial charge in [0, 0.05) is 5.92 Å². The summed E-state index contributed by atoms with van der Waals surface area (Å²) in [4.78, 5) is 11.8. The molecule has 2 aromatic carbocycles. The molecule has 0 aromatic heterocycles. The first-order valence-electron chi connectivity index (χ1n) is 6.66. The van der Waals surface area contributed by atoms with Crippen LogP contribution >= 0.6 is 0 Å². The lowest BCUT2D eigenvalue weighted by Gasteiger charge is -2.17. The number of ether oxygens (including phenoxy) is 1. The Labute approximate surface area is 118 Å². The fourth-order valence-electron chi connectivity index (χ4n) is 2.20. The van der Waals surface area contributed by atoms with Crippen LogP contribution in [-0.2, 0) is 9.53 Å². The number of rotatable bonds is 5. The topological polar surface area (TPSA) is 26.3 Å². The van der Waals surface area contributed by atoms with Crippen LogP contribution in [0.1, 0.15) is 30.4 Å². The minimum Gasteiger partial charge on any atom is -0.466 e. The Morgan fingerprint density at radius 1 is 1.05 bits per heavy atom. The van der Waals surface area contributed by atoms with Crippen LogP contribution in [0.25, 0.3) is 0 Å². The summed E-state index contributed by atoms with van der Waals surface area (Å²) in [6.45, 7) is 2.15. The molecule has 0 radical (unpaired) electrons. The summed E-state index contributed by atoms with van der Waals surface area (Å²) in [7, 11) is 0. The number of esters is 1. The summed E-state index contributed by atoms with van der Waals surface area (Å²) >= 11 is 0. The minimum absolute atomic E-state index is 0.115. The van der Waals surface area contributed by atoms with Gasteiger partial charge in [-0.15, -0.1) is 0 Å². The molecular weight excluding hydrogens is 255 g/mol. The zero-order valence-electron chi connectivity index (χ0n) is 11.4. The van der Waals surface area contributed by atoms with Crippen LogP contribution in [0.15, 0.2) is 54.6 Å². The first-order chi connectivity index (χ1) is 9.70. The molecule has 0 aliphatic rings. The van der Waals surface area contributed by atoms with Crippen molar-refractivity contribution < 1.29 is 13.9 Å². The lowest BCUT2D eigenvalue weighted by atomic mass is 9.88. The third kappa shape index (κ3) is 3.67. The summed E-state index contributed by atoms with van der Waals surface area (Å²) in [6, 6.07) is 16.0. The quantitative estimate of drug-likeness (QED) is 0.771. The number of hydrogen-bond acceptors (Lipinski definition) is 2. The molecule has 2 rings (SSSR count). The second kappa shape index (κ2) is 6.85. The molecule has 1 unspecified atom stereocenters. The van der Waals surface area contributed by atoms with E-state index in [1.54, 1.807) is 19.1 Å². The number of carbonyl (C=O) groups excluding carboxylic acids is 1. The van der Waals surface area contributed by atoms with Crippen LogP contribution in [0.5, 0.6) is 0 Å². The van der Waals surface area contributed by atoms with E-state index in [2.05, 4.69) is 0 Å². The molecule has 0 aliphatic carbocycles. The van der Waals surface area contributed by atoms with Gasteiger partial charge in [-0.2, -0.15) is 0 Å². The zero-order chi connectivity index (χ0) is 14.4. The van der Waals surface area contributed by atoms with E-state index in [0.717, 1.165) is 11.1 Å². The third-order valence-electron chi connectivity index (χ3n) is 3.15. The SMILES string of the molecule is CCOC(=O)CC(c1ccccc1)c1ccc(F)cc1. The van der Waals surface area contributed by atoms with E-state index < -0.39 is 0 Å². The van der Waals surface area contributed by atoms with Crippen LogP contribution in [-0.4, -0.2) is 12.6 Å². The highest BCUT2D eigenvalue weighted by Gasteiger charge is 2.18. The summed E-state index contributed by atoms with van der Waals surface area (Å²) in [5, 5.41) is 0. The van der Waals surface area contributed by atoms with Crippen molar-refractivity contribution in [3.63, 3.8) is 0 Å². The molecule has 0 N–H and O–H groups in total. The molecule has 3 heteroatoms. The first kappa shape index (κ1) is 14.3. The van der Waals surface area contributed by atoms with Gasteiger partial charge in [0.2, 0.25) is 0 Å². The highest BCUT2D eigenvalue weighted by molar-refractivity contribution is 5.71. The molecule has 0 bridgehead atoms. The molecule has 0 fully saturated rings. The van der Waals surface area contributed by atoms with Gasteiger partial charge in [0.1, 0.15) is 5.82 Å². The first-order valence-corrected chi connectivity index (χ1v) is 6.66. The predicted octanol–water partition coefficient (Wildman–Crippen LogP) is 3.91. The van der Waals surface area contributed by atoms with Crippen molar-refractivity contribution in [3.05, 3.63) is 71.5 Å². The van der Waals surface area contributed by atoms with Gasteiger partial charge in [0.05, 0.1) is 13.0 Å². The van der Waals surface area contributed by atoms with E-state index in [1.807, 2.05) is 30.3 Å². The van der Waals surface area contributed by atoms with Gasteiger partial charge in [-0.05, 0) is 30.2 Å². The highest BCUT2D eigenvalue weighted by atomic mass is 19.1. The van der Waals surface area contributed by atoms with Crippen molar-refractivity contribution in [2.24, 2.45) is 0 Å². The van der Waals surface area contributed by atoms with E-state index >= 15 is 0 Å². The Morgan fingerprint density at radius 2 is 1.65 bits per heavy atom. The molecule has 0 heterocycles. The molecule has 0 amide bonds. The van der Waals surface area contributed by atoms with Crippen LogP contribution in [0.2, 0.25) is 0 Å². The maximum absolute atomic E-state index is 13.0. The smallest absolute Gasteiger partial charge is 0.306 e. The van der Waals surface area contributed by atoms with Crippen molar-refractivity contribution in [2.45, 2.75) is 19.3 Å². The van der Waals surface area contributed by atoms with Gasteiger partial charge in [0.15, 0.2) is 0 Å². The molecule has 0 saturated carbocycles. The van der Waals surface area contributed by atoms with Gasteiger partial charge in [-0.25, -0.2) is 4.39 Å².